The van der Waals surface area contributed by atoms with E-state index in [0.29, 0.717) is 18.3 Å². The van der Waals surface area contributed by atoms with Gasteiger partial charge in [-0.05, 0) is 61.2 Å². The topological polar surface area (TPSA) is 96.7 Å². The SMILES string of the molecule is O=C(CC1CCCC1)Nc1cccc(-c2nc3sccn3c2-c2ccnc(Nc3ccc(N4CCOCC4)cc3)n2)c1. The molecule has 0 radical (unpaired) electrons. The molecule has 1 amide bonds. The van der Waals surface area contributed by atoms with E-state index < -0.39 is 0 Å². The zero-order valence-corrected chi connectivity index (χ0v) is 24.1. The third-order valence-electron chi connectivity index (χ3n) is 8.03. The van der Waals surface area contributed by atoms with Gasteiger partial charge in [0.2, 0.25) is 11.9 Å². The number of hydrogen-bond donors (Lipinski definition) is 2. The van der Waals surface area contributed by atoms with Gasteiger partial charge in [-0.25, -0.2) is 15.0 Å². The summed E-state index contributed by atoms with van der Waals surface area (Å²) in [5, 5.41) is 8.49. The van der Waals surface area contributed by atoms with E-state index in [0.717, 1.165) is 78.1 Å². The summed E-state index contributed by atoms with van der Waals surface area (Å²) in [6, 6.07) is 18.2. The van der Waals surface area contributed by atoms with Crippen LogP contribution in [-0.2, 0) is 9.53 Å². The molecule has 10 heteroatoms. The number of carbonyl (C=O) groups excluding carboxylic acids is 1. The Morgan fingerprint density at radius 3 is 2.67 bits per heavy atom. The van der Waals surface area contributed by atoms with Gasteiger partial charge in [0.25, 0.3) is 0 Å². The first-order valence-corrected chi connectivity index (χ1v) is 15.5. The Morgan fingerprint density at radius 1 is 1.00 bits per heavy atom. The number of thiazole rings is 1. The number of anilines is 4. The Hall–Kier alpha value is -4.28. The molecule has 7 rings (SSSR count). The third kappa shape index (κ3) is 5.73. The Balaban J connectivity index is 1.14. The number of nitrogens with zero attached hydrogens (tertiary/aromatic N) is 5. The van der Waals surface area contributed by atoms with Gasteiger partial charge in [0, 0.05) is 59.9 Å². The van der Waals surface area contributed by atoms with Gasteiger partial charge in [-0.3, -0.25) is 9.20 Å². The highest BCUT2D eigenvalue weighted by molar-refractivity contribution is 7.15. The Kier molecular flexibility index (Phi) is 7.55. The molecule has 9 nitrogen and oxygen atoms in total. The molecule has 2 N–H and O–H groups in total. The predicted octanol–water partition coefficient (Wildman–Crippen LogP) is 6.62. The Bertz CT molecular complexity index is 1680. The number of benzene rings is 2. The standard InChI is InChI=1S/C32H33N7O2S/c40-28(20-22-4-1-2-5-22)34-25-7-3-6-23(21-25)29-30(39-16-19-42-32(39)37-29)27-12-13-33-31(36-27)35-24-8-10-26(11-9-24)38-14-17-41-18-15-38/h3,6-13,16,19,21-22H,1-2,4-5,14-15,17-18,20H2,(H,34,40)(H,33,35,36). The summed E-state index contributed by atoms with van der Waals surface area (Å²) < 4.78 is 7.54. The van der Waals surface area contributed by atoms with Crippen LogP contribution in [0.3, 0.4) is 0 Å². The average molecular weight is 580 g/mol. The fourth-order valence-electron chi connectivity index (χ4n) is 5.92. The number of nitrogens with one attached hydrogen (secondary N) is 2. The van der Waals surface area contributed by atoms with Gasteiger partial charge in [-0.15, -0.1) is 11.3 Å². The second kappa shape index (κ2) is 11.9. The van der Waals surface area contributed by atoms with Crippen LogP contribution < -0.4 is 15.5 Å². The van der Waals surface area contributed by atoms with Crippen molar-refractivity contribution in [2.24, 2.45) is 5.92 Å². The number of imidazole rings is 1. The zero-order valence-electron chi connectivity index (χ0n) is 23.3. The normalized spacial score (nSPS) is 15.8. The van der Waals surface area contributed by atoms with Crippen LogP contribution in [0, 0.1) is 5.92 Å². The minimum atomic E-state index is 0.0783. The van der Waals surface area contributed by atoms with Crippen LogP contribution in [0.4, 0.5) is 23.0 Å². The van der Waals surface area contributed by atoms with Crippen LogP contribution in [-0.4, -0.2) is 51.6 Å². The molecule has 2 aromatic carbocycles. The molecule has 1 saturated carbocycles. The second-order valence-corrected chi connectivity index (χ2v) is 11.8. The van der Waals surface area contributed by atoms with Gasteiger partial charge in [-0.2, -0.15) is 0 Å². The molecule has 1 aliphatic carbocycles. The molecule has 42 heavy (non-hydrogen) atoms. The Labute approximate surface area is 248 Å². The van der Waals surface area contributed by atoms with Gasteiger partial charge in [0.1, 0.15) is 5.69 Å². The summed E-state index contributed by atoms with van der Waals surface area (Å²) in [6.45, 7) is 3.32. The first-order chi connectivity index (χ1) is 20.7. The average Bonchev–Trinajstić information content (AvgIpc) is 3.77. The largest absolute Gasteiger partial charge is 0.378 e. The lowest BCUT2D eigenvalue weighted by atomic mass is 10.0. The molecule has 0 bridgehead atoms. The second-order valence-electron chi connectivity index (χ2n) is 10.9. The van der Waals surface area contributed by atoms with Crippen LogP contribution in [0.15, 0.2) is 72.4 Å². The minimum absolute atomic E-state index is 0.0783. The van der Waals surface area contributed by atoms with E-state index in [9.17, 15) is 4.79 Å². The number of ether oxygens (including phenoxy) is 1. The van der Waals surface area contributed by atoms with Crippen molar-refractivity contribution in [3.8, 4) is 22.6 Å². The van der Waals surface area contributed by atoms with Crippen molar-refractivity contribution in [1.29, 1.82) is 0 Å². The molecule has 2 aliphatic rings. The maximum absolute atomic E-state index is 12.7. The molecule has 0 spiro atoms. The summed E-state index contributed by atoms with van der Waals surface area (Å²) in [4.78, 5) is 30.3. The predicted molar refractivity (Wildman–Crippen MR) is 167 cm³/mol. The highest BCUT2D eigenvalue weighted by Crippen LogP contribution is 2.35. The number of morpholine rings is 1. The lowest BCUT2D eigenvalue weighted by molar-refractivity contribution is -0.117. The molecule has 4 heterocycles. The van der Waals surface area contributed by atoms with Crippen molar-refractivity contribution in [3.63, 3.8) is 0 Å². The van der Waals surface area contributed by atoms with Gasteiger partial charge in [0.05, 0.1) is 24.6 Å². The van der Waals surface area contributed by atoms with Crippen molar-refractivity contribution >= 4 is 45.2 Å². The number of rotatable bonds is 8. The van der Waals surface area contributed by atoms with Gasteiger partial charge >= 0.3 is 0 Å². The van der Waals surface area contributed by atoms with Crippen molar-refractivity contribution in [1.82, 2.24) is 19.4 Å². The van der Waals surface area contributed by atoms with Crippen molar-refractivity contribution in [3.05, 3.63) is 72.4 Å². The molecule has 5 aromatic rings. The maximum atomic E-state index is 12.7. The fourth-order valence-corrected chi connectivity index (χ4v) is 6.64. The summed E-state index contributed by atoms with van der Waals surface area (Å²) in [7, 11) is 0. The van der Waals surface area contributed by atoms with E-state index in [1.807, 2.05) is 41.9 Å². The molecule has 3 aromatic heterocycles. The number of carbonyl (C=O) groups is 1. The van der Waals surface area contributed by atoms with Crippen molar-refractivity contribution < 1.29 is 9.53 Å². The van der Waals surface area contributed by atoms with E-state index in [2.05, 4.69) is 49.2 Å². The Morgan fingerprint density at radius 2 is 1.83 bits per heavy atom. The molecule has 214 valence electrons. The van der Waals surface area contributed by atoms with Crippen LogP contribution in [0.2, 0.25) is 0 Å². The first kappa shape index (κ1) is 26.6. The number of aromatic nitrogens is 4. The molecular weight excluding hydrogens is 546 g/mol. The first-order valence-electron chi connectivity index (χ1n) is 14.6. The number of fused-ring (bicyclic) bond motifs is 1. The van der Waals surface area contributed by atoms with Gasteiger partial charge in [0.15, 0.2) is 4.96 Å². The van der Waals surface area contributed by atoms with Crippen molar-refractivity contribution in [2.45, 2.75) is 32.1 Å². The van der Waals surface area contributed by atoms with Crippen LogP contribution in [0.5, 0.6) is 0 Å². The molecule has 1 aliphatic heterocycles. The quantitative estimate of drug-likeness (QED) is 0.213. The van der Waals surface area contributed by atoms with Crippen LogP contribution >= 0.6 is 11.3 Å². The molecule has 0 atom stereocenters. The lowest BCUT2D eigenvalue weighted by Gasteiger charge is -2.28. The summed E-state index contributed by atoms with van der Waals surface area (Å²) in [6.07, 6.45) is 9.13. The highest BCUT2D eigenvalue weighted by atomic mass is 32.1. The molecule has 0 unspecified atom stereocenters. The van der Waals surface area contributed by atoms with E-state index in [4.69, 9.17) is 14.7 Å². The van der Waals surface area contributed by atoms with Crippen molar-refractivity contribution in [2.75, 3.05) is 41.8 Å². The van der Waals surface area contributed by atoms with E-state index >= 15 is 0 Å². The zero-order chi connectivity index (χ0) is 28.3. The smallest absolute Gasteiger partial charge is 0.227 e. The summed E-state index contributed by atoms with van der Waals surface area (Å²) >= 11 is 1.58. The van der Waals surface area contributed by atoms with Gasteiger partial charge < -0.3 is 20.3 Å². The van der Waals surface area contributed by atoms with Crippen LogP contribution in [0.1, 0.15) is 32.1 Å². The number of hydrogen-bond acceptors (Lipinski definition) is 8. The minimum Gasteiger partial charge on any atom is -0.378 e. The number of amides is 1. The fraction of sp³-hybridized carbons (Fsp3) is 0.312. The van der Waals surface area contributed by atoms with E-state index in [-0.39, 0.29) is 5.91 Å². The van der Waals surface area contributed by atoms with Crippen LogP contribution in [0.25, 0.3) is 27.6 Å². The van der Waals surface area contributed by atoms with E-state index in [1.54, 1.807) is 17.5 Å². The lowest BCUT2D eigenvalue weighted by Crippen LogP contribution is -2.36. The summed E-state index contributed by atoms with van der Waals surface area (Å²) in [5.41, 5.74) is 6.25. The monoisotopic (exact) mass is 579 g/mol. The highest BCUT2D eigenvalue weighted by Gasteiger charge is 2.21. The maximum Gasteiger partial charge on any atom is 0.227 e. The molecular formula is C32H33N7O2S. The summed E-state index contributed by atoms with van der Waals surface area (Å²) in [5.74, 6) is 1.09. The molecule has 2 fully saturated rings. The third-order valence-corrected chi connectivity index (χ3v) is 8.79. The van der Waals surface area contributed by atoms with Gasteiger partial charge in [-0.1, -0.05) is 25.0 Å². The molecule has 1 saturated heterocycles. The van der Waals surface area contributed by atoms with E-state index in [1.165, 1.54) is 18.5 Å².